The summed E-state index contributed by atoms with van der Waals surface area (Å²) in [5.41, 5.74) is 3.20. The van der Waals surface area contributed by atoms with E-state index in [2.05, 4.69) is 15.4 Å². The Balaban J connectivity index is 1.73. The summed E-state index contributed by atoms with van der Waals surface area (Å²) in [5, 5.41) is 9.43. The maximum Gasteiger partial charge on any atom is 0.252 e. The van der Waals surface area contributed by atoms with Crippen LogP contribution < -0.4 is 5.32 Å². The highest BCUT2D eigenvalue weighted by Gasteiger charge is 2.18. The molecule has 0 fully saturated rings. The predicted molar refractivity (Wildman–Crippen MR) is 117 cm³/mol. The number of nitrogens with one attached hydrogen (secondary N) is 1. The molecular weight excluding hydrogens is 431 g/mol. The maximum atomic E-state index is 13.0. The van der Waals surface area contributed by atoms with Gasteiger partial charge in [-0.2, -0.15) is 5.10 Å². The molecular formula is C21H15Cl3N4O. The van der Waals surface area contributed by atoms with Crippen molar-refractivity contribution in [1.82, 2.24) is 20.1 Å². The van der Waals surface area contributed by atoms with E-state index in [9.17, 15) is 4.79 Å². The fourth-order valence-corrected chi connectivity index (χ4v) is 3.78. The normalized spacial score (nSPS) is 11.0. The van der Waals surface area contributed by atoms with E-state index in [4.69, 9.17) is 34.8 Å². The first-order valence-corrected chi connectivity index (χ1v) is 9.86. The van der Waals surface area contributed by atoms with E-state index in [1.54, 1.807) is 48.3 Å². The van der Waals surface area contributed by atoms with E-state index in [1.807, 2.05) is 18.2 Å². The van der Waals surface area contributed by atoms with Gasteiger partial charge < -0.3 is 5.32 Å². The monoisotopic (exact) mass is 444 g/mol. The van der Waals surface area contributed by atoms with Gasteiger partial charge >= 0.3 is 0 Å². The molecule has 4 aromatic rings. The number of rotatable bonds is 4. The van der Waals surface area contributed by atoms with Crippen LogP contribution in [0.5, 0.6) is 0 Å². The molecule has 0 atom stereocenters. The van der Waals surface area contributed by atoms with Gasteiger partial charge in [-0.05, 0) is 42.0 Å². The van der Waals surface area contributed by atoms with E-state index < -0.39 is 0 Å². The Morgan fingerprint density at radius 1 is 1.07 bits per heavy atom. The Hall–Kier alpha value is -2.60. The molecule has 0 aliphatic carbocycles. The summed E-state index contributed by atoms with van der Waals surface area (Å²) in [6.07, 6.45) is 1.63. The minimum Gasteiger partial charge on any atom is -0.348 e. The van der Waals surface area contributed by atoms with Crippen molar-refractivity contribution in [1.29, 1.82) is 0 Å². The lowest BCUT2D eigenvalue weighted by atomic mass is 10.1. The number of hydrogen-bond donors (Lipinski definition) is 1. The zero-order valence-corrected chi connectivity index (χ0v) is 17.6. The van der Waals surface area contributed by atoms with Gasteiger partial charge in [0.1, 0.15) is 0 Å². The summed E-state index contributed by atoms with van der Waals surface area (Å²) < 4.78 is 1.62. The van der Waals surface area contributed by atoms with Crippen LogP contribution in [0.2, 0.25) is 15.1 Å². The Morgan fingerprint density at radius 2 is 1.86 bits per heavy atom. The molecule has 0 bridgehead atoms. The first kappa shape index (κ1) is 19.7. The van der Waals surface area contributed by atoms with Gasteiger partial charge in [0, 0.05) is 29.2 Å². The van der Waals surface area contributed by atoms with Crippen LogP contribution in [0.1, 0.15) is 15.9 Å². The van der Waals surface area contributed by atoms with Crippen molar-refractivity contribution < 1.29 is 4.79 Å². The summed E-state index contributed by atoms with van der Waals surface area (Å²) in [6, 6.07) is 14.2. The lowest BCUT2D eigenvalue weighted by Crippen LogP contribution is -2.23. The molecule has 146 valence electrons. The van der Waals surface area contributed by atoms with Crippen LogP contribution in [-0.4, -0.2) is 20.7 Å². The Labute approximate surface area is 182 Å². The van der Waals surface area contributed by atoms with Crippen LogP contribution >= 0.6 is 34.8 Å². The number of carbonyl (C=O) groups is 1. The Morgan fingerprint density at radius 3 is 2.62 bits per heavy atom. The second-order valence-corrected chi connectivity index (χ2v) is 7.78. The summed E-state index contributed by atoms with van der Waals surface area (Å²) in [5.74, 6) is -0.239. The molecule has 0 unspecified atom stereocenters. The SMILES string of the molecule is Cn1ncc2c(C(=O)NCc3cccc(Cl)c3)cc(-c3ccc(Cl)cc3Cl)nc21. The molecule has 2 aromatic heterocycles. The number of fused-ring (bicyclic) bond motifs is 1. The molecule has 2 aromatic carbocycles. The molecule has 0 aliphatic rings. The van der Waals surface area contributed by atoms with Crippen molar-refractivity contribution in [3.63, 3.8) is 0 Å². The number of pyridine rings is 1. The third kappa shape index (κ3) is 4.08. The molecule has 0 spiro atoms. The molecule has 29 heavy (non-hydrogen) atoms. The molecule has 0 aliphatic heterocycles. The quantitative estimate of drug-likeness (QED) is 0.449. The largest absolute Gasteiger partial charge is 0.348 e. The van der Waals surface area contributed by atoms with Crippen molar-refractivity contribution in [2.75, 3.05) is 0 Å². The number of nitrogens with zero attached hydrogens (tertiary/aromatic N) is 3. The molecule has 5 nitrogen and oxygen atoms in total. The number of carbonyl (C=O) groups excluding carboxylic acids is 1. The third-order valence-corrected chi connectivity index (χ3v) is 5.28. The smallest absolute Gasteiger partial charge is 0.252 e. The first-order valence-electron chi connectivity index (χ1n) is 8.73. The number of halogens is 3. The molecule has 2 heterocycles. The number of aryl methyl sites for hydroxylation is 1. The number of aromatic nitrogens is 3. The van der Waals surface area contributed by atoms with Crippen LogP contribution in [0.15, 0.2) is 54.7 Å². The van der Waals surface area contributed by atoms with Gasteiger partial charge in [-0.25, -0.2) is 4.98 Å². The van der Waals surface area contributed by atoms with E-state index in [1.165, 1.54) is 0 Å². The Kier molecular flexibility index (Phi) is 5.46. The lowest BCUT2D eigenvalue weighted by molar-refractivity contribution is 0.0952. The van der Waals surface area contributed by atoms with Gasteiger partial charge in [0.15, 0.2) is 5.65 Å². The maximum absolute atomic E-state index is 13.0. The molecule has 0 saturated heterocycles. The topological polar surface area (TPSA) is 59.8 Å². The fourth-order valence-electron chi connectivity index (χ4n) is 3.06. The van der Waals surface area contributed by atoms with Crippen molar-refractivity contribution in [3.05, 3.63) is 80.9 Å². The average molecular weight is 446 g/mol. The highest BCUT2D eigenvalue weighted by Crippen LogP contribution is 2.31. The standard InChI is InChI=1S/C21H15Cl3N4O/c1-28-20-17(11-26-28)16(21(29)25-10-12-3-2-4-13(22)7-12)9-19(27-20)15-6-5-14(23)8-18(15)24/h2-9,11H,10H2,1H3,(H,25,29). The zero-order valence-electron chi connectivity index (χ0n) is 15.3. The Bertz CT molecular complexity index is 1240. The van der Waals surface area contributed by atoms with Crippen LogP contribution in [0, 0.1) is 0 Å². The molecule has 4 rings (SSSR count). The van der Waals surface area contributed by atoms with Gasteiger partial charge in [-0.1, -0.05) is 46.9 Å². The van der Waals surface area contributed by atoms with Crippen LogP contribution in [0.3, 0.4) is 0 Å². The molecule has 1 N–H and O–H groups in total. The number of amides is 1. The van der Waals surface area contributed by atoms with Gasteiger partial charge in [0.05, 0.1) is 27.9 Å². The molecule has 8 heteroatoms. The predicted octanol–water partition coefficient (Wildman–Crippen LogP) is 5.53. The highest BCUT2D eigenvalue weighted by atomic mass is 35.5. The van der Waals surface area contributed by atoms with Crippen LogP contribution in [-0.2, 0) is 13.6 Å². The fraction of sp³-hybridized carbons (Fsp3) is 0.0952. The summed E-state index contributed by atoms with van der Waals surface area (Å²) in [6.45, 7) is 0.348. The summed E-state index contributed by atoms with van der Waals surface area (Å²) in [7, 11) is 1.77. The van der Waals surface area contributed by atoms with Crippen molar-refractivity contribution >= 4 is 51.7 Å². The van der Waals surface area contributed by atoms with E-state index in [0.29, 0.717) is 49.5 Å². The van der Waals surface area contributed by atoms with E-state index >= 15 is 0 Å². The lowest BCUT2D eigenvalue weighted by Gasteiger charge is -2.10. The first-order chi connectivity index (χ1) is 13.9. The molecule has 1 amide bonds. The van der Waals surface area contributed by atoms with Gasteiger partial charge in [0.2, 0.25) is 0 Å². The van der Waals surface area contributed by atoms with Gasteiger partial charge in [-0.15, -0.1) is 0 Å². The molecule has 0 radical (unpaired) electrons. The van der Waals surface area contributed by atoms with Crippen molar-refractivity contribution in [3.8, 4) is 11.3 Å². The van der Waals surface area contributed by atoms with E-state index in [0.717, 1.165) is 5.56 Å². The third-order valence-electron chi connectivity index (χ3n) is 4.50. The molecule has 0 saturated carbocycles. The highest BCUT2D eigenvalue weighted by molar-refractivity contribution is 6.36. The summed E-state index contributed by atoms with van der Waals surface area (Å²) in [4.78, 5) is 17.6. The number of benzene rings is 2. The van der Waals surface area contributed by atoms with Crippen molar-refractivity contribution in [2.24, 2.45) is 7.05 Å². The minimum absolute atomic E-state index is 0.239. The second kappa shape index (κ2) is 8.03. The van der Waals surface area contributed by atoms with Crippen LogP contribution in [0.4, 0.5) is 0 Å². The van der Waals surface area contributed by atoms with Crippen LogP contribution in [0.25, 0.3) is 22.3 Å². The van der Waals surface area contributed by atoms with Crippen molar-refractivity contribution in [2.45, 2.75) is 6.54 Å². The average Bonchev–Trinajstić information content (AvgIpc) is 3.06. The minimum atomic E-state index is -0.239. The van der Waals surface area contributed by atoms with E-state index in [-0.39, 0.29) is 5.91 Å². The second-order valence-electron chi connectivity index (χ2n) is 6.50. The van der Waals surface area contributed by atoms with Gasteiger partial charge in [0.25, 0.3) is 5.91 Å². The van der Waals surface area contributed by atoms with Gasteiger partial charge in [-0.3, -0.25) is 9.48 Å². The summed E-state index contributed by atoms with van der Waals surface area (Å²) >= 11 is 18.4. The number of hydrogen-bond acceptors (Lipinski definition) is 3. The zero-order chi connectivity index (χ0) is 20.5.